The number of anilines is 1. The highest BCUT2D eigenvalue weighted by molar-refractivity contribution is 6.32. The van der Waals surface area contributed by atoms with Crippen molar-refractivity contribution in [3.63, 3.8) is 0 Å². The standard InChI is InChI=1S/C80H86Cl3FN14O25/c1-30(2)14-46(87-5)71(110)95-61-63(104)34-8-12-50(43(82)17-34)119-52-20-37-21-53(67(52)123-78-68(66(107)65(106)54(29-99)121-78)122-56-25-80(4,69(108)31(3)118-56)89-27-32-15-38(28-88-26-32)90-70(109)36-6-10-45(84)42(81)19-36)120-51-13-9-35(18-44(51)83)64(105)62-76(115)94-60(77(116)97-98-79(86)117)41-22-39(100)23-49(102)57(41)40-16-33(7-11-48(40)101)58(73(112)96-62)93-74(113)59(37)92-72(111)47(24-55(85)103)91-75(61)114/h6-13,15-23,26,28,30-31,46-47,54,56,58-66,68-69,78,87,89,99-102,104-108H,14,24-25,27,29H2,1-5H3,(H2,85,103)(H,90,109)(H,91,114)(H,92,111)(H,93,113)(H,94,115)(H,95,110)(H,96,112)(H,97,116)(H3,86,98,117). The number of aromatic nitrogens is 1. The lowest BCUT2D eigenvalue weighted by atomic mass is 9.84. The first-order valence-electron chi connectivity index (χ1n) is 38.1. The molecule has 0 spiro atoms. The van der Waals surface area contributed by atoms with Crippen LogP contribution in [0.1, 0.15) is 121 Å². The molecule has 1 aromatic heterocycles. The van der Waals surface area contributed by atoms with E-state index in [0.29, 0.717) is 5.56 Å². The first kappa shape index (κ1) is 90.4. The molecular formula is C80H86Cl3FN14O25. The highest BCUT2D eigenvalue weighted by atomic mass is 35.5. The van der Waals surface area contributed by atoms with Crippen LogP contribution in [0.2, 0.25) is 15.1 Å². The lowest BCUT2D eigenvalue weighted by Crippen LogP contribution is -2.65. The molecular weight excluding hydrogens is 1680 g/mol. The summed E-state index contributed by atoms with van der Waals surface area (Å²) >= 11 is 20.3. The van der Waals surface area contributed by atoms with Gasteiger partial charge in [-0.2, -0.15) is 0 Å². The van der Waals surface area contributed by atoms with Crippen molar-refractivity contribution in [1.82, 2.24) is 58.4 Å². The summed E-state index contributed by atoms with van der Waals surface area (Å²) < 4.78 is 53.4. The number of aliphatic hydroxyl groups is 6. The minimum absolute atomic E-state index is 0.0368. The van der Waals surface area contributed by atoms with Gasteiger partial charge < -0.3 is 134 Å². The lowest BCUT2D eigenvalue weighted by molar-refractivity contribution is -0.334. The number of carbonyl (C=O) groups excluding carboxylic acids is 10. The number of likely N-dealkylation sites (N-methyl/N-ethyl adjacent to an activating group) is 1. The number of nitrogens with zero attached hydrogens (tertiary/aromatic N) is 1. The molecule has 0 radical (unpaired) electrons. The number of carbonyl (C=O) groups is 10. The highest BCUT2D eigenvalue weighted by Crippen LogP contribution is 2.50. The molecule has 24 N–H and O–H groups in total. The zero-order chi connectivity index (χ0) is 89.1. The van der Waals surface area contributed by atoms with Crippen molar-refractivity contribution in [1.29, 1.82) is 0 Å². The summed E-state index contributed by atoms with van der Waals surface area (Å²) in [4.78, 5) is 149. The Labute approximate surface area is 712 Å². The second-order valence-corrected chi connectivity index (χ2v) is 31.5. The molecule has 2 saturated heterocycles. The van der Waals surface area contributed by atoms with Gasteiger partial charge >= 0.3 is 6.03 Å². The Morgan fingerprint density at radius 2 is 1.34 bits per heavy atom. The van der Waals surface area contributed by atoms with Crippen LogP contribution < -0.4 is 84.4 Å². The SMILES string of the molecule is CNC(CC(C)C)C(=O)NC1C(=O)NC(CC(N)=O)C(=O)NC2C(=O)NC3C(=O)NC(C(=O)NC(C(=O)NNC(N)=O)c4cc(O)cc(O)c4-c4cc3ccc4O)C(O)c3ccc(c(Cl)c3)Oc3cc2cc(c3OC2OC(CO)C(O)C(O)C2OC2CC(C)(NCc3cncc(NC(=O)c4ccc(F)c(Cl)c4)c3)C(O)C(C)O2)Oc2ccc(cc2Cl)C1O. The third-order valence-electron chi connectivity index (χ3n) is 21.0. The first-order chi connectivity index (χ1) is 58.3. The van der Waals surface area contributed by atoms with Crippen LogP contribution in [0.25, 0.3) is 11.1 Å². The van der Waals surface area contributed by atoms with E-state index in [1.54, 1.807) is 26.8 Å². The Morgan fingerprint density at radius 1 is 0.691 bits per heavy atom. The molecule has 39 nitrogen and oxygen atoms in total. The normalized spacial score (nSPS) is 26.1. The molecule has 7 aromatic rings. The van der Waals surface area contributed by atoms with E-state index in [9.17, 15) is 74.3 Å². The third-order valence-corrected chi connectivity index (χ3v) is 21.9. The number of fused-ring (bicyclic) bond motifs is 15. The summed E-state index contributed by atoms with van der Waals surface area (Å²) in [5.41, 5.74) is 11.1. The number of hydrazine groups is 1. The number of urea groups is 1. The average molecular weight is 1770 g/mol. The van der Waals surface area contributed by atoms with Crippen LogP contribution in [-0.2, 0) is 59.1 Å². The van der Waals surface area contributed by atoms with Crippen LogP contribution >= 0.6 is 34.8 Å². The fraction of sp³-hybridized carbons (Fsp3) is 0.362. The van der Waals surface area contributed by atoms with E-state index in [0.717, 1.165) is 78.9 Å². The molecule has 11 bridgehead atoms. The average Bonchev–Trinajstić information content (AvgIpc) is 0.760. The quantitative estimate of drug-likeness (QED) is 0.0546. The molecule has 123 heavy (non-hydrogen) atoms. The summed E-state index contributed by atoms with van der Waals surface area (Å²) in [6.45, 7) is 5.62. The van der Waals surface area contributed by atoms with Crippen LogP contribution in [-0.4, -0.2) is 203 Å². The largest absolute Gasteiger partial charge is 0.508 e. The van der Waals surface area contributed by atoms with Gasteiger partial charge in [-0.25, -0.2) is 14.6 Å². The fourth-order valence-corrected chi connectivity index (χ4v) is 15.3. The van der Waals surface area contributed by atoms with Gasteiger partial charge in [-0.05, 0) is 145 Å². The van der Waals surface area contributed by atoms with E-state index in [4.69, 9.17) is 74.7 Å². The Balaban J connectivity index is 1.03. The molecule has 654 valence electrons. The number of primary amides is 2. The minimum Gasteiger partial charge on any atom is -0.508 e. The third kappa shape index (κ3) is 20.3. The second-order valence-electron chi connectivity index (χ2n) is 30.3. The number of nitrogens with two attached hydrogens (primary N) is 2. The van der Waals surface area contributed by atoms with Crippen molar-refractivity contribution in [2.24, 2.45) is 17.4 Å². The van der Waals surface area contributed by atoms with Gasteiger partial charge in [0.1, 0.15) is 101 Å². The number of nitrogens with one attached hydrogen (secondary N) is 11. The van der Waals surface area contributed by atoms with Gasteiger partial charge in [-0.15, -0.1) is 0 Å². The van der Waals surface area contributed by atoms with Gasteiger partial charge in [0, 0.05) is 47.5 Å². The summed E-state index contributed by atoms with van der Waals surface area (Å²) in [6, 6.07) is 2.43. The van der Waals surface area contributed by atoms with E-state index in [1.165, 1.54) is 44.6 Å². The highest BCUT2D eigenvalue weighted by Gasteiger charge is 2.52. The Bertz CT molecular complexity index is 5300. The van der Waals surface area contributed by atoms with E-state index in [-0.39, 0.29) is 52.7 Å². The number of ether oxygens (including phenoxy) is 6. The number of aliphatic hydroxyl groups excluding tert-OH is 6. The number of benzene rings is 6. The van der Waals surface area contributed by atoms with E-state index >= 15 is 24.0 Å². The van der Waals surface area contributed by atoms with Gasteiger partial charge in [0.2, 0.25) is 53.4 Å². The van der Waals surface area contributed by atoms with Crippen LogP contribution in [0.3, 0.4) is 0 Å². The zero-order valence-electron chi connectivity index (χ0n) is 65.6. The van der Waals surface area contributed by atoms with Crippen LogP contribution in [0.4, 0.5) is 14.9 Å². The zero-order valence-corrected chi connectivity index (χ0v) is 67.8. The number of aromatic hydroxyl groups is 3. The Hall–Kier alpha value is -11.9. The van der Waals surface area contributed by atoms with Crippen molar-refractivity contribution in [3.05, 3.63) is 175 Å². The predicted molar refractivity (Wildman–Crippen MR) is 429 cm³/mol. The Kier molecular flexibility index (Phi) is 27.8. The molecule has 14 rings (SSSR count). The van der Waals surface area contributed by atoms with Gasteiger partial charge in [-0.1, -0.05) is 66.8 Å². The minimum atomic E-state index is -2.42. The maximum absolute atomic E-state index is 16.3. The van der Waals surface area contributed by atoms with Gasteiger partial charge in [0.25, 0.3) is 11.8 Å². The van der Waals surface area contributed by atoms with Crippen LogP contribution in [0.5, 0.6) is 46.0 Å². The van der Waals surface area contributed by atoms with E-state index in [2.05, 4.69) is 52.8 Å². The van der Waals surface area contributed by atoms with Crippen LogP contribution in [0, 0.1) is 11.7 Å². The summed E-state index contributed by atoms with van der Waals surface area (Å²) in [5, 5.41) is 129. The number of halogens is 4. The molecule has 8 heterocycles. The first-order valence-corrected chi connectivity index (χ1v) is 39.2. The number of hydrogen-bond acceptors (Lipinski definition) is 28. The molecule has 11 amide bonds. The molecule has 0 saturated carbocycles. The van der Waals surface area contributed by atoms with Crippen molar-refractivity contribution in [2.45, 2.75) is 163 Å². The molecule has 7 aliphatic rings. The van der Waals surface area contributed by atoms with Gasteiger partial charge in [-0.3, -0.25) is 53.6 Å². The smallest absolute Gasteiger partial charge is 0.330 e. The number of amides is 11. The van der Waals surface area contributed by atoms with Crippen molar-refractivity contribution in [2.75, 3.05) is 19.0 Å². The van der Waals surface area contributed by atoms with Crippen molar-refractivity contribution in [3.8, 4) is 57.1 Å². The number of pyridine rings is 1. The van der Waals surface area contributed by atoms with Crippen molar-refractivity contribution >= 4 is 99.7 Å². The fourth-order valence-electron chi connectivity index (χ4n) is 14.6. The molecule has 2 fully saturated rings. The second kappa shape index (κ2) is 37.9. The molecule has 7 aliphatic heterocycles. The molecule has 43 heteroatoms. The van der Waals surface area contributed by atoms with E-state index < -0.39 is 271 Å². The number of hydrogen-bond donors (Lipinski definition) is 22. The van der Waals surface area contributed by atoms with E-state index in [1.807, 2.05) is 10.9 Å². The molecule has 18 atom stereocenters. The predicted octanol–water partition coefficient (Wildman–Crippen LogP) is 1.99. The van der Waals surface area contributed by atoms with Crippen LogP contribution in [0.15, 0.2) is 116 Å². The maximum Gasteiger partial charge on any atom is 0.330 e. The molecule has 6 aromatic carbocycles. The lowest BCUT2D eigenvalue weighted by Gasteiger charge is -2.48. The molecule has 0 aliphatic carbocycles. The monoisotopic (exact) mass is 1770 g/mol. The maximum atomic E-state index is 16.3. The van der Waals surface area contributed by atoms with Gasteiger partial charge in [0.05, 0.1) is 58.2 Å². The topological polar surface area (TPSA) is 605 Å². The molecule has 18 unspecified atom stereocenters. The summed E-state index contributed by atoms with van der Waals surface area (Å²) in [6.07, 6.45) is -16.9. The number of phenols is 3. The summed E-state index contributed by atoms with van der Waals surface area (Å²) in [7, 11) is 1.46. The summed E-state index contributed by atoms with van der Waals surface area (Å²) in [5.74, 6) is -17.6. The van der Waals surface area contributed by atoms with Gasteiger partial charge in [0.15, 0.2) is 23.9 Å². The number of rotatable bonds is 18. The number of phenolic OH excluding ortho intramolecular Hbond substituents is 3. The van der Waals surface area contributed by atoms with Crippen molar-refractivity contribution < 1.29 is 127 Å². The Morgan fingerprint density at radius 3 is 1.98 bits per heavy atom.